The number of hydrogen-bond acceptors (Lipinski definition) is 2. The fourth-order valence-electron chi connectivity index (χ4n) is 0.514. The standard InChI is InChI=1S/C8H13ClO2/c1-7(2)11-8(10)5-3-4-6-9/h3,5,7H,4,6H2,1-2H3/b5-3-. The van der Waals surface area contributed by atoms with Gasteiger partial charge in [-0.15, -0.1) is 11.6 Å². The molecule has 0 aliphatic heterocycles. The van der Waals surface area contributed by atoms with Gasteiger partial charge in [0, 0.05) is 12.0 Å². The molecule has 0 saturated carbocycles. The second-order valence-corrected chi connectivity index (χ2v) is 2.74. The highest BCUT2D eigenvalue weighted by Gasteiger charge is 1.98. The zero-order chi connectivity index (χ0) is 8.69. The highest BCUT2D eigenvalue weighted by molar-refractivity contribution is 6.17. The maximum Gasteiger partial charge on any atom is 0.330 e. The molecule has 64 valence electrons. The van der Waals surface area contributed by atoms with Gasteiger partial charge in [-0.05, 0) is 20.3 Å². The Morgan fingerprint density at radius 3 is 2.73 bits per heavy atom. The van der Waals surface area contributed by atoms with Gasteiger partial charge in [-0.3, -0.25) is 0 Å². The molecule has 0 aromatic heterocycles. The predicted octanol–water partition coefficient (Wildman–Crippen LogP) is 2.12. The average Bonchev–Trinajstić information content (AvgIpc) is 1.86. The molecular formula is C8H13ClO2. The zero-order valence-corrected chi connectivity index (χ0v) is 7.60. The predicted molar refractivity (Wildman–Crippen MR) is 45.7 cm³/mol. The van der Waals surface area contributed by atoms with E-state index in [1.165, 1.54) is 6.08 Å². The van der Waals surface area contributed by atoms with Crippen molar-refractivity contribution >= 4 is 17.6 Å². The minimum absolute atomic E-state index is 0.0526. The summed E-state index contributed by atoms with van der Waals surface area (Å²) in [5.41, 5.74) is 0. The third-order valence-corrected chi connectivity index (χ3v) is 1.10. The molecule has 0 saturated heterocycles. The summed E-state index contributed by atoms with van der Waals surface area (Å²) in [6.07, 6.45) is 3.76. The molecule has 0 heterocycles. The summed E-state index contributed by atoms with van der Waals surface area (Å²) in [6, 6.07) is 0. The largest absolute Gasteiger partial charge is 0.460 e. The Morgan fingerprint density at radius 1 is 1.64 bits per heavy atom. The number of carbonyl (C=O) groups is 1. The van der Waals surface area contributed by atoms with E-state index in [1.54, 1.807) is 6.08 Å². The molecule has 0 radical (unpaired) electrons. The molecule has 0 N–H and O–H groups in total. The second kappa shape index (κ2) is 6.23. The highest BCUT2D eigenvalue weighted by Crippen LogP contribution is 1.92. The van der Waals surface area contributed by atoms with Gasteiger partial charge in [0.05, 0.1) is 6.10 Å². The van der Waals surface area contributed by atoms with E-state index in [2.05, 4.69) is 0 Å². The van der Waals surface area contributed by atoms with Crippen molar-refractivity contribution in [1.29, 1.82) is 0 Å². The maximum absolute atomic E-state index is 10.8. The molecule has 0 aliphatic carbocycles. The van der Waals surface area contributed by atoms with Crippen molar-refractivity contribution < 1.29 is 9.53 Å². The van der Waals surface area contributed by atoms with Gasteiger partial charge in [0.2, 0.25) is 0 Å². The fraction of sp³-hybridized carbons (Fsp3) is 0.625. The third-order valence-electron chi connectivity index (χ3n) is 0.882. The van der Waals surface area contributed by atoms with E-state index in [0.717, 1.165) is 0 Å². The van der Waals surface area contributed by atoms with Crippen LogP contribution in [0.5, 0.6) is 0 Å². The van der Waals surface area contributed by atoms with Crippen molar-refractivity contribution in [1.82, 2.24) is 0 Å². The number of allylic oxidation sites excluding steroid dienone is 1. The van der Waals surface area contributed by atoms with Crippen LogP contribution in [0.25, 0.3) is 0 Å². The first-order valence-corrected chi connectivity index (χ1v) is 4.13. The Bertz CT molecular complexity index is 141. The topological polar surface area (TPSA) is 26.3 Å². The first-order chi connectivity index (χ1) is 5.16. The monoisotopic (exact) mass is 176 g/mol. The van der Waals surface area contributed by atoms with Crippen LogP contribution in [-0.4, -0.2) is 18.0 Å². The van der Waals surface area contributed by atoms with E-state index in [4.69, 9.17) is 16.3 Å². The smallest absolute Gasteiger partial charge is 0.330 e. The van der Waals surface area contributed by atoms with E-state index in [1.807, 2.05) is 13.8 Å². The summed E-state index contributed by atoms with van der Waals surface area (Å²) in [4.78, 5) is 10.8. The van der Waals surface area contributed by atoms with Crippen molar-refractivity contribution in [2.45, 2.75) is 26.4 Å². The number of alkyl halides is 1. The van der Waals surface area contributed by atoms with Crippen LogP contribution in [0.2, 0.25) is 0 Å². The first kappa shape index (κ1) is 10.5. The summed E-state index contributed by atoms with van der Waals surface area (Å²) in [5, 5.41) is 0. The van der Waals surface area contributed by atoms with Crippen molar-refractivity contribution in [2.24, 2.45) is 0 Å². The normalized spacial score (nSPS) is 10.9. The van der Waals surface area contributed by atoms with Crippen LogP contribution in [0.1, 0.15) is 20.3 Å². The molecule has 0 atom stereocenters. The van der Waals surface area contributed by atoms with Crippen LogP contribution >= 0.6 is 11.6 Å². The SMILES string of the molecule is CC(C)OC(=O)/C=C\CCCl. The number of carbonyl (C=O) groups excluding carboxylic acids is 1. The second-order valence-electron chi connectivity index (χ2n) is 2.37. The van der Waals surface area contributed by atoms with Crippen molar-refractivity contribution in [3.05, 3.63) is 12.2 Å². The van der Waals surface area contributed by atoms with Crippen LogP contribution < -0.4 is 0 Å². The Morgan fingerprint density at radius 2 is 2.27 bits per heavy atom. The van der Waals surface area contributed by atoms with Gasteiger partial charge in [-0.25, -0.2) is 4.79 Å². The van der Waals surface area contributed by atoms with Gasteiger partial charge in [0.15, 0.2) is 0 Å². The lowest BCUT2D eigenvalue weighted by atomic mass is 10.4. The highest BCUT2D eigenvalue weighted by atomic mass is 35.5. The Balaban J connectivity index is 3.51. The molecule has 0 aromatic rings. The van der Waals surface area contributed by atoms with Gasteiger partial charge in [0.1, 0.15) is 0 Å². The molecule has 0 aromatic carbocycles. The lowest BCUT2D eigenvalue weighted by Crippen LogP contribution is -2.08. The summed E-state index contributed by atoms with van der Waals surface area (Å²) >= 11 is 5.39. The van der Waals surface area contributed by atoms with Crippen LogP contribution in [-0.2, 0) is 9.53 Å². The summed E-state index contributed by atoms with van der Waals surface area (Å²) in [6.45, 7) is 3.63. The van der Waals surface area contributed by atoms with Gasteiger partial charge >= 0.3 is 5.97 Å². The molecule has 0 aliphatic rings. The molecule has 2 nitrogen and oxygen atoms in total. The Labute approximate surface area is 72.2 Å². The van der Waals surface area contributed by atoms with Crippen LogP contribution in [0, 0.1) is 0 Å². The summed E-state index contributed by atoms with van der Waals surface area (Å²) in [5.74, 6) is 0.232. The van der Waals surface area contributed by atoms with Crippen LogP contribution in [0.15, 0.2) is 12.2 Å². The number of halogens is 1. The average molecular weight is 177 g/mol. The minimum atomic E-state index is -0.301. The van der Waals surface area contributed by atoms with Gasteiger partial charge < -0.3 is 4.74 Å². The lowest BCUT2D eigenvalue weighted by Gasteiger charge is -2.03. The molecule has 3 heteroatoms. The summed E-state index contributed by atoms with van der Waals surface area (Å²) in [7, 11) is 0. The number of hydrogen-bond donors (Lipinski definition) is 0. The number of rotatable bonds is 4. The molecular weight excluding hydrogens is 164 g/mol. The number of ether oxygens (including phenoxy) is 1. The van der Waals surface area contributed by atoms with Gasteiger partial charge in [-0.2, -0.15) is 0 Å². The fourth-order valence-corrected chi connectivity index (χ4v) is 0.640. The molecule has 0 spiro atoms. The molecule has 0 amide bonds. The minimum Gasteiger partial charge on any atom is -0.460 e. The molecule has 0 unspecified atom stereocenters. The quantitative estimate of drug-likeness (QED) is 0.373. The first-order valence-electron chi connectivity index (χ1n) is 3.60. The molecule has 0 bridgehead atoms. The molecule has 0 rings (SSSR count). The van der Waals surface area contributed by atoms with Crippen molar-refractivity contribution in [2.75, 3.05) is 5.88 Å². The van der Waals surface area contributed by atoms with E-state index < -0.39 is 0 Å². The van der Waals surface area contributed by atoms with Crippen molar-refractivity contribution in [3.8, 4) is 0 Å². The van der Waals surface area contributed by atoms with Crippen LogP contribution in [0.4, 0.5) is 0 Å². The van der Waals surface area contributed by atoms with Gasteiger partial charge in [-0.1, -0.05) is 6.08 Å². The Hall–Kier alpha value is -0.500. The Kier molecular flexibility index (Phi) is 5.94. The molecule has 0 fully saturated rings. The van der Waals surface area contributed by atoms with Crippen molar-refractivity contribution in [3.63, 3.8) is 0 Å². The zero-order valence-electron chi connectivity index (χ0n) is 6.84. The number of esters is 1. The van der Waals surface area contributed by atoms with Crippen LogP contribution in [0.3, 0.4) is 0 Å². The van der Waals surface area contributed by atoms with Gasteiger partial charge in [0.25, 0.3) is 0 Å². The van der Waals surface area contributed by atoms with E-state index in [0.29, 0.717) is 12.3 Å². The lowest BCUT2D eigenvalue weighted by molar-refractivity contribution is -0.141. The molecule has 11 heavy (non-hydrogen) atoms. The van der Waals surface area contributed by atoms with E-state index in [-0.39, 0.29) is 12.1 Å². The maximum atomic E-state index is 10.8. The van der Waals surface area contributed by atoms with E-state index in [9.17, 15) is 4.79 Å². The third kappa shape index (κ3) is 7.40. The summed E-state index contributed by atoms with van der Waals surface area (Å²) < 4.78 is 4.83. The van der Waals surface area contributed by atoms with E-state index >= 15 is 0 Å².